The Hall–Kier alpha value is -0.560. The molecule has 3 nitrogen and oxygen atoms in total. The van der Waals surface area contributed by atoms with Gasteiger partial charge in [-0.2, -0.15) is 0 Å². The zero-order valence-corrected chi connectivity index (χ0v) is 10.4. The van der Waals surface area contributed by atoms with Crippen molar-refractivity contribution in [3.05, 3.63) is 12.7 Å². The quantitative estimate of drug-likeness (QED) is 0.594. The largest absolute Gasteiger partial charge is 0.343 e. The molecular formula is C11H20NO2P. The second-order valence-corrected chi connectivity index (χ2v) is 8.06. The molecule has 0 saturated heterocycles. The Kier molecular flexibility index (Phi) is 4.15. The van der Waals surface area contributed by atoms with Crippen LogP contribution in [0.2, 0.25) is 0 Å². The Morgan fingerprint density at radius 3 is 2.40 bits per heavy atom. The van der Waals surface area contributed by atoms with E-state index in [0.29, 0.717) is 5.92 Å². The van der Waals surface area contributed by atoms with Crippen molar-refractivity contribution < 1.29 is 9.36 Å². The summed E-state index contributed by atoms with van der Waals surface area (Å²) in [4.78, 5) is 11.3. The van der Waals surface area contributed by atoms with E-state index in [2.05, 4.69) is 11.9 Å². The molecule has 0 aromatic rings. The monoisotopic (exact) mass is 229 g/mol. The molecule has 1 aliphatic rings. The normalized spacial score (nSPS) is 19.9. The summed E-state index contributed by atoms with van der Waals surface area (Å²) in [6.07, 6.45) is 5.77. The Morgan fingerprint density at radius 1 is 1.47 bits per heavy atom. The summed E-state index contributed by atoms with van der Waals surface area (Å²) in [6, 6.07) is 0. The van der Waals surface area contributed by atoms with Gasteiger partial charge in [-0.1, -0.05) is 19.4 Å². The predicted octanol–water partition coefficient (Wildman–Crippen LogP) is 2.43. The first kappa shape index (κ1) is 12.5. The number of amides is 1. The van der Waals surface area contributed by atoms with E-state index in [1.165, 1.54) is 18.9 Å². The standard InChI is InChI=1S/C11H20NO2P/c1-4-10(13)12-11(15(2,3)14)9-7-5-6-8-9/h4,9,11H,1,5-8H2,2-3H3,(H,12,13)/t11-/m0/s1. The molecule has 0 aromatic carbocycles. The average molecular weight is 229 g/mol. The summed E-state index contributed by atoms with van der Waals surface area (Å²) < 4.78 is 12.1. The molecule has 0 bridgehead atoms. The van der Waals surface area contributed by atoms with Crippen molar-refractivity contribution in [3.63, 3.8) is 0 Å². The van der Waals surface area contributed by atoms with Gasteiger partial charge in [-0.15, -0.1) is 0 Å². The van der Waals surface area contributed by atoms with Gasteiger partial charge in [0.15, 0.2) is 0 Å². The highest BCUT2D eigenvalue weighted by Crippen LogP contribution is 2.48. The van der Waals surface area contributed by atoms with E-state index in [-0.39, 0.29) is 11.7 Å². The molecule has 1 aliphatic carbocycles. The second-order valence-electron chi connectivity index (χ2n) is 4.64. The molecule has 0 heterocycles. The van der Waals surface area contributed by atoms with Crippen molar-refractivity contribution in [3.8, 4) is 0 Å². The lowest BCUT2D eigenvalue weighted by molar-refractivity contribution is -0.116. The van der Waals surface area contributed by atoms with Crippen molar-refractivity contribution in [2.45, 2.75) is 31.5 Å². The smallest absolute Gasteiger partial charge is 0.243 e. The zero-order chi connectivity index (χ0) is 11.5. The molecular weight excluding hydrogens is 209 g/mol. The minimum absolute atomic E-state index is 0.162. The Balaban J connectivity index is 2.73. The average Bonchev–Trinajstić information content (AvgIpc) is 2.64. The highest BCUT2D eigenvalue weighted by Gasteiger charge is 2.33. The highest BCUT2D eigenvalue weighted by molar-refractivity contribution is 7.63. The first-order valence-electron chi connectivity index (χ1n) is 5.42. The van der Waals surface area contributed by atoms with Gasteiger partial charge in [-0.25, -0.2) is 0 Å². The summed E-state index contributed by atoms with van der Waals surface area (Å²) in [5.74, 6) is 0.0102. The molecule has 1 atom stereocenters. The summed E-state index contributed by atoms with van der Waals surface area (Å²) >= 11 is 0. The fourth-order valence-electron chi connectivity index (χ4n) is 2.26. The van der Waals surface area contributed by atoms with Crippen LogP contribution in [0.3, 0.4) is 0 Å². The van der Waals surface area contributed by atoms with Crippen LogP contribution in [0.25, 0.3) is 0 Å². The molecule has 1 amide bonds. The van der Waals surface area contributed by atoms with Gasteiger partial charge in [0.1, 0.15) is 7.14 Å². The topological polar surface area (TPSA) is 46.2 Å². The van der Waals surface area contributed by atoms with Gasteiger partial charge in [0.2, 0.25) is 5.91 Å². The first-order chi connectivity index (χ1) is 6.95. The third-order valence-corrected chi connectivity index (χ3v) is 4.88. The molecule has 0 radical (unpaired) electrons. The Morgan fingerprint density at radius 2 is 2.00 bits per heavy atom. The van der Waals surface area contributed by atoms with Crippen molar-refractivity contribution in [1.82, 2.24) is 5.32 Å². The molecule has 0 aromatic heterocycles. The Labute approximate surface area is 91.7 Å². The van der Waals surface area contributed by atoms with E-state index >= 15 is 0 Å². The minimum atomic E-state index is -2.27. The van der Waals surface area contributed by atoms with Crippen LogP contribution in [0.15, 0.2) is 12.7 Å². The highest BCUT2D eigenvalue weighted by atomic mass is 31.2. The van der Waals surface area contributed by atoms with Gasteiger partial charge in [0, 0.05) is 0 Å². The fraction of sp³-hybridized carbons (Fsp3) is 0.727. The molecule has 1 rings (SSSR count). The van der Waals surface area contributed by atoms with E-state index in [0.717, 1.165) is 12.8 Å². The van der Waals surface area contributed by atoms with E-state index < -0.39 is 7.14 Å². The summed E-state index contributed by atoms with van der Waals surface area (Å²) in [7, 11) is -2.27. The van der Waals surface area contributed by atoms with Crippen LogP contribution in [0.4, 0.5) is 0 Å². The fourth-order valence-corrected chi connectivity index (χ4v) is 4.01. The molecule has 4 heteroatoms. The molecule has 15 heavy (non-hydrogen) atoms. The van der Waals surface area contributed by atoms with Crippen molar-refractivity contribution in [1.29, 1.82) is 0 Å². The van der Waals surface area contributed by atoms with Crippen molar-refractivity contribution in [2.24, 2.45) is 5.92 Å². The van der Waals surface area contributed by atoms with Crippen LogP contribution in [-0.4, -0.2) is 25.0 Å². The van der Waals surface area contributed by atoms with Crippen LogP contribution in [0.5, 0.6) is 0 Å². The molecule has 1 fully saturated rings. The lowest BCUT2D eigenvalue weighted by Gasteiger charge is -2.27. The summed E-state index contributed by atoms with van der Waals surface area (Å²) in [5, 5.41) is 2.83. The number of hydrogen-bond acceptors (Lipinski definition) is 2. The maximum atomic E-state index is 12.1. The number of nitrogens with one attached hydrogen (secondary N) is 1. The number of carbonyl (C=O) groups is 1. The number of rotatable bonds is 4. The van der Waals surface area contributed by atoms with E-state index in [9.17, 15) is 9.36 Å². The molecule has 86 valence electrons. The maximum absolute atomic E-state index is 12.1. The van der Waals surface area contributed by atoms with Crippen LogP contribution >= 0.6 is 7.14 Å². The van der Waals surface area contributed by atoms with Gasteiger partial charge in [-0.05, 0) is 38.2 Å². The zero-order valence-electron chi connectivity index (χ0n) is 9.53. The molecule has 1 saturated carbocycles. The molecule has 1 N–H and O–H groups in total. The van der Waals surface area contributed by atoms with Gasteiger partial charge < -0.3 is 9.88 Å². The second kappa shape index (κ2) is 4.98. The van der Waals surface area contributed by atoms with Gasteiger partial charge in [0.05, 0.1) is 5.78 Å². The third-order valence-electron chi connectivity index (χ3n) is 2.99. The number of carbonyl (C=O) groups excluding carboxylic acids is 1. The molecule has 0 unspecified atom stereocenters. The SMILES string of the molecule is C=CC(=O)N[C@H](C1CCCC1)P(C)(C)=O. The summed E-state index contributed by atoms with van der Waals surface area (Å²) in [6.45, 7) is 6.92. The van der Waals surface area contributed by atoms with Crippen LogP contribution in [0.1, 0.15) is 25.7 Å². The minimum Gasteiger partial charge on any atom is -0.343 e. The van der Waals surface area contributed by atoms with Gasteiger partial charge in [0.25, 0.3) is 0 Å². The van der Waals surface area contributed by atoms with Crippen LogP contribution in [-0.2, 0) is 9.36 Å². The molecule has 0 aliphatic heterocycles. The van der Waals surface area contributed by atoms with Crippen molar-refractivity contribution >= 4 is 13.0 Å². The van der Waals surface area contributed by atoms with Gasteiger partial charge in [-0.3, -0.25) is 4.79 Å². The predicted molar refractivity (Wildman–Crippen MR) is 63.5 cm³/mol. The van der Waals surface area contributed by atoms with Gasteiger partial charge >= 0.3 is 0 Å². The Bertz CT molecular complexity index is 289. The van der Waals surface area contributed by atoms with E-state index in [1.807, 2.05) is 0 Å². The number of hydrogen-bond donors (Lipinski definition) is 1. The third kappa shape index (κ3) is 3.49. The van der Waals surface area contributed by atoms with Crippen LogP contribution < -0.4 is 5.32 Å². The lowest BCUT2D eigenvalue weighted by atomic mass is 10.1. The van der Waals surface area contributed by atoms with Crippen LogP contribution in [0, 0.1) is 5.92 Å². The summed E-state index contributed by atoms with van der Waals surface area (Å²) in [5.41, 5.74) is 0. The van der Waals surface area contributed by atoms with E-state index in [1.54, 1.807) is 13.3 Å². The molecule has 0 spiro atoms. The lowest BCUT2D eigenvalue weighted by Crippen LogP contribution is -2.38. The maximum Gasteiger partial charge on any atom is 0.243 e. The van der Waals surface area contributed by atoms with E-state index in [4.69, 9.17) is 0 Å². The van der Waals surface area contributed by atoms with Crippen molar-refractivity contribution in [2.75, 3.05) is 13.3 Å². The first-order valence-corrected chi connectivity index (χ1v) is 8.10.